The molecular formula is C30H30FN7O5. The van der Waals surface area contributed by atoms with E-state index in [0.29, 0.717) is 47.7 Å². The summed E-state index contributed by atoms with van der Waals surface area (Å²) in [5, 5.41) is 3.16. The Balaban J connectivity index is 1.32. The second-order valence-electron chi connectivity index (χ2n) is 11.0. The van der Waals surface area contributed by atoms with E-state index >= 15 is 0 Å². The van der Waals surface area contributed by atoms with E-state index in [4.69, 9.17) is 19.9 Å². The van der Waals surface area contributed by atoms with E-state index in [0.717, 1.165) is 18.4 Å². The van der Waals surface area contributed by atoms with E-state index in [9.17, 15) is 14.0 Å². The molecule has 4 aromatic rings. The molecular weight excluding hydrogens is 557 g/mol. The first-order valence-corrected chi connectivity index (χ1v) is 13.8. The van der Waals surface area contributed by atoms with Crippen LogP contribution in [-0.4, -0.2) is 56.6 Å². The number of primary amides is 1. The van der Waals surface area contributed by atoms with E-state index in [1.54, 1.807) is 43.7 Å². The van der Waals surface area contributed by atoms with Crippen molar-refractivity contribution in [3.05, 3.63) is 78.3 Å². The lowest BCUT2D eigenvalue weighted by Crippen LogP contribution is -2.56. The number of nitrogens with zero attached hydrogens (tertiary/aromatic N) is 4. The highest BCUT2D eigenvalue weighted by molar-refractivity contribution is 5.85. The van der Waals surface area contributed by atoms with Crippen LogP contribution in [-0.2, 0) is 36.1 Å². The van der Waals surface area contributed by atoms with Gasteiger partial charge in [-0.25, -0.2) is 19.3 Å². The number of hydrogen-bond donors (Lipinski definition) is 3. The maximum atomic E-state index is 13.8. The van der Waals surface area contributed by atoms with E-state index in [1.165, 1.54) is 12.1 Å². The van der Waals surface area contributed by atoms with Crippen molar-refractivity contribution in [2.45, 2.75) is 32.1 Å². The van der Waals surface area contributed by atoms with E-state index in [1.807, 2.05) is 12.1 Å². The van der Waals surface area contributed by atoms with Crippen LogP contribution in [0, 0.1) is 17.2 Å². The third-order valence-electron chi connectivity index (χ3n) is 7.37. The van der Waals surface area contributed by atoms with Crippen molar-refractivity contribution in [2.75, 3.05) is 25.1 Å². The van der Waals surface area contributed by atoms with Crippen LogP contribution in [0.1, 0.15) is 31.2 Å². The zero-order chi connectivity index (χ0) is 30.0. The molecule has 43 heavy (non-hydrogen) atoms. The van der Waals surface area contributed by atoms with Crippen LogP contribution in [0.3, 0.4) is 0 Å². The van der Waals surface area contributed by atoms with Crippen LogP contribution in [0.5, 0.6) is 0 Å². The number of amides is 1. The van der Waals surface area contributed by atoms with Gasteiger partial charge in [0.15, 0.2) is 5.82 Å². The number of benzene rings is 1. The summed E-state index contributed by atoms with van der Waals surface area (Å²) in [6.07, 6.45) is 7.06. The minimum Gasteiger partial charge on any atom is -0.465 e. The SMILES string of the molecule is CC1(C(=O)OCC2CC2)COC(C(N)=O)(c2nc(-c3ccc(F)cc3)c(-c3ccnc(NCc4cccnc4)n3)[nH]2)OC1. The molecule has 222 valence electrons. The first-order valence-electron chi connectivity index (χ1n) is 13.8. The fourth-order valence-electron chi connectivity index (χ4n) is 4.57. The van der Waals surface area contributed by atoms with E-state index in [-0.39, 0.29) is 19.0 Å². The van der Waals surface area contributed by atoms with Crippen molar-refractivity contribution in [1.82, 2.24) is 24.9 Å². The monoisotopic (exact) mass is 587 g/mol. The normalized spacial score (nSPS) is 21.7. The van der Waals surface area contributed by atoms with Gasteiger partial charge >= 0.3 is 11.8 Å². The molecule has 4 heterocycles. The average Bonchev–Trinajstić information content (AvgIpc) is 3.75. The van der Waals surface area contributed by atoms with Crippen molar-refractivity contribution in [3.8, 4) is 22.6 Å². The highest BCUT2D eigenvalue weighted by atomic mass is 19.1. The number of carbonyl (C=O) groups is 2. The standard InChI is InChI=1S/C30H30FN7O5/c1-29(27(40)41-15-18-4-5-18)16-42-30(25(32)39,43-17-29)26-37-23(20-6-8-21(31)9-7-20)24(38-26)22-10-12-34-28(36-22)35-14-19-3-2-11-33-13-19/h2-3,6-13,18H,4-5,14-17H2,1H3,(H2,32,39)(H,37,38)(H,34,35,36). The molecule has 2 aliphatic rings. The van der Waals surface area contributed by atoms with Gasteiger partial charge in [-0.15, -0.1) is 0 Å². The summed E-state index contributed by atoms with van der Waals surface area (Å²) >= 11 is 0. The van der Waals surface area contributed by atoms with Gasteiger partial charge in [0, 0.05) is 30.7 Å². The highest BCUT2D eigenvalue weighted by Gasteiger charge is 2.54. The quantitative estimate of drug-likeness (QED) is 0.234. The predicted molar refractivity (Wildman–Crippen MR) is 151 cm³/mol. The number of ether oxygens (including phenoxy) is 3. The third kappa shape index (κ3) is 5.94. The maximum Gasteiger partial charge on any atom is 0.316 e. The number of aromatic nitrogens is 5. The second kappa shape index (κ2) is 11.5. The van der Waals surface area contributed by atoms with Gasteiger partial charge in [0.1, 0.15) is 11.2 Å². The summed E-state index contributed by atoms with van der Waals surface area (Å²) < 4.78 is 31.1. The molecule has 0 bridgehead atoms. The Labute approximate surface area is 246 Å². The van der Waals surface area contributed by atoms with Crippen molar-refractivity contribution < 1.29 is 28.2 Å². The molecule has 1 saturated carbocycles. The number of aromatic amines is 1. The minimum absolute atomic E-state index is 0.0498. The first kappa shape index (κ1) is 28.4. The fourth-order valence-corrected chi connectivity index (χ4v) is 4.57. The van der Waals surface area contributed by atoms with Gasteiger partial charge in [-0.05, 0) is 67.6 Å². The average molecular weight is 588 g/mol. The third-order valence-corrected chi connectivity index (χ3v) is 7.37. The molecule has 2 fully saturated rings. The van der Waals surface area contributed by atoms with Crippen LogP contribution in [0.15, 0.2) is 61.1 Å². The summed E-state index contributed by atoms with van der Waals surface area (Å²) in [5.41, 5.74) is 7.30. The number of nitrogens with two attached hydrogens (primary N) is 1. The Bertz CT molecular complexity index is 1620. The van der Waals surface area contributed by atoms with Gasteiger partial charge in [0.05, 0.1) is 36.9 Å². The van der Waals surface area contributed by atoms with Gasteiger partial charge in [-0.3, -0.25) is 14.6 Å². The Morgan fingerprint density at radius 3 is 2.56 bits per heavy atom. The molecule has 1 aliphatic carbocycles. The molecule has 1 amide bonds. The lowest BCUT2D eigenvalue weighted by molar-refractivity contribution is -0.293. The van der Waals surface area contributed by atoms with Crippen molar-refractivity contribution in [1.29, 1.82) is 0 Å². The zero-order valence-electron chi connectivity index (χ0n) is 23.4. The maximum absolute atomic E-state index is 13.8. The van der Waals surface area contributed by atoms with Crippen LogP contribution >= 0.6 is 0 Å². The largest absolute Gasteiger partial charge is 0.465 e. The number of anilines is 1. The summed E-state index contributed by atoms with van der Waals surface area (Å²) in [7, 11) is 0. The number of esters is 1. The predicted octanol–water partition coefficient (Wildman–Crippen LogP) is 3.32. The molecule has 6 rings (SSSR count). The van der Waals surface area contributed by atoms with Crippen molar-refractivity contribution in [2.24, 2.45) is 17.1 Å². The van der Waals surface area contributed by atoms with Crippen LogP contribution in [0.4, 0.5) is 10.3 Å². The van der Waals surface area contributed by atoms with Gasteiger partial charge in [-0.1, -0.05) is 6.07 Å². The topological polar surface area (TPSA) is 167 Å². The summed E-state index contributed by atoms with van der Waals surface area (Å²) in [6.45, 7) is 2.03. The van der Waals surface area contributed by atoms with Crippen LogP contribution in [0.2, 0.25) is 0 Å². The molecule has 12 nitrogen and oxygen atoms in total. The van der Waals surface area contributed by atoms with Crippen LogP contribution < -0.4 is 11.1 Å². The molecule has 4 N–H and O–H groups in total. The smallest absolute Gasteiger partial charge is 0.316 e. The number of rotatable bonds is 10. The van der Waals surface area contributed by atoms with Gasteiger partial charge in [0.25, 0.3) is 5.91 Å². The molecule has 1 saturated heterocycles. The number of hydrogen-bond acceptors (Lipinski definition) is 10. The van der Waals surface area contributed by atoms with Crippen LogP contribution in [0.25, 0.3) is 22.6 Å². The number of halogens is 1. The Morgan fingerprint density at radius 2 is 1.88 bits per heavy atom. The summed E-state index contributed by atoms with van der Waals surface area (Å²) in [4.78, 5) is 46.5. The summed E-state index contributed by atoms with van der Waals surface area (Å²) in [5.74, 6) is -3.32. The molecule has 0 unspecified atom stereocenters. The minimum atomic E-state index is -2.13. The molecule has 1 aliphatic heterocycles. The van der Waals surface area contributed by atoms with Gasteiger partial charge < -0.3 is 30.2 Å². The molecule has 0 radical (unpaired) electrons. The zero-order valence-corrected chi connectivity index (χ0v) is 23.4. The molecule has 0 atom stereocenters. The van der Waals surface area contributed by atoms with Crippen molar-refractivity contribution >= 4 is 17.8 Å². The molecule has 13 heteroatoms. The Kier molecular flexibility index (Phi) is 7.59. The number of carbonyl (C=O) groups excluding carboxylic acids is 2. The second-order valence-corrected chi connectivity index (χ2v) is 11.0. The van der Waals surface area contributed by atoms with E-state index < -0.39 is 28.9 Å². The lowest BCUT2D eigenvalue weighted by Gasteiger charge is -2.40. The van der Waals surface area contributed by atoms with E-state index in [2.05, 4.69) is 30.2 Å². The highest BCUT2D eigenvalue weighted by Crippen LogP contribution is 2.40. The van der Waals surface area contributed by atoms with Crippen molar-refractivity contribution in [3.63, 3.8) is 0 Å². The molecule has 0 spiro atoms. The molecule has 1 aromatic carbocycles. The fraction of sp³-hybridized carbons (Fsp3) is 0.333. The summed E-state index contributed by atoms with van der Waals surface area (Å²) in [6, 6.07) is 11.1. The number of pyridine rings is 1. The Morgan fingerprint density at radius 1 is 1.12 bits per heavy atom. The Hall–Kier alpha value is -4.75. The first-order chi connectivity index (χ1) is 20.8. The van der Waals surface area contributed by atoms with Gasteiger partial charge in [-0.2, -0.15) is 0 Å². The molecule has 3 aromatic heterocycles. The lowest BCUT2D eigenvalue weighted by atomic mass is 9.91. The number of nitrogens with one attached hydrogen (secondary N) is 2. The number of imidazole rings is 1. The van der Waals surface area contributed by atoms with Gasteiger partial charge in [0.2, 0.25) is 5.95 Å². The number of H-pyrrole nitrogens is 1.